The summed E-state index contributed by atoms with van der Waals surface area (Å²) in [5, 5.41) is 1.32. The highest BCUT2D eigenvalue weighted by atomic mass is 32.2. The van der Waals surface area contributed by atoms with Crippen LogP contribution in [0.4, 0.5) is 17.6 Å². The molecule has 0 bridgehead atoms. The molecule has 4 nitrogen and oxygen atoms in total. The fourth-order valence-electron chi connectivity index (χ4n) is 1.66. The van der Waals surface area contributed by atoms with Crippen LogP contribution in [-0.4, -0.2) is 31.9 Å². The predicted octanol–water partition coefficient (Wildman–Crippen LogP) is 2.40. The van der Waals surface area contributed by atoms with E-state index in [0.717, 1.165) is 6.26 Å². The smallest absolute Gasteiger partial charge is 0.348 e. The Morgan fingerprint density at radius 2 is 1.73 bits per heavy atom. The molecule has 0 radical (unpaired) electrons. The van der Waals surface area contributed by atoms with Crippen molar-refractivity contribution in [2.45, 2.75) is 31.3 Å². The van der Waals surface area contributed by atoms with E-state index in [9.17, 15) is 30.8 Å². The van der Waals surface area contributed by atoms with Crippen molar-refractivity contribution in [3.8, 4) is 0 Å². The lowest BCUT2D eigenvalue weighted by Gasteiger charge is -2.20. The second-order valence-corrected chi connectivity index (χ2v) is 7.43. The van der Waals surface area contributed by atoms with Crippen LogP contribution in [0.3, 0.4) is 0 Å². The zero-order chi connectivity index (χ0) is 17.3. The van der Waals surface area contributed by atoms with E-state index in [0.29, 0.717) is 12.1 Å². The summed E-state index contributed by atoms with van der Waals surface area (Å²) >= 11 is 0. The van der Waals surface area contributed by atoms with Crippen molar-refractivity contribution >= 4 is 15.7 Å². The molecule has 1 amide bonds. The molecule has 0 saturated carbocycles. The molecular weight excluding hydrogens is 326 g/mol. The molecular formula is C13H15F4NO3S. The first-order valence-electron chi connectivity index (χ1n) is 6.20. The summed E-state index contributed by atoms with van der Waals surface area (Å²) in [5.41, 5.74) is -1.82. The number of halogens is 4. The van der Waals surface area contributed by atoms with Crippen LogP contribution in [0.2, 0.25) is 0 Å². The minimum Gasteiger partial charge on any atom is -0.348 e. The monoisotopic (exact) mass is 341 g/mol. The molecule has 0 aromatic heterocycles. The van der Waals surface area contributed by atoms with Crippen LogP contribution in [0.25, 0.3) is 0 Å². The summed E-state index contributed by atoms with van der Waals surface area (Å²) in [5.74, 6) is -2.18. The Hall–Kier alpha value is -1.64. The van der Waals surface area contributed by atoms with Gasteiger partial charge in [0.15, 0.2) is 9.84 Å². The highest BCUT2D eigenvalue weighted by Gasteiger charge is 2.32. The Morgan fingerprint density at radius 1 is 1.18 bits per heavy atom. The third-order valence-corrected chi connectivity index (χ3v) is 4.98. The van der Waals surface area contributed by atoms with Gasteiger partial charge in [0.2, 0.25) is 0 Å². The van der Waals surface area contributed by atoms with Crippen molar-refractivity contribution in [1.82, 2.24) is 5.32 Å². The standard InChI is InChI=1S/C13H15F4NO3S/c1-7(8(2)22(3,20)21)18-12(19)9-4-10(13(15,16)17)6-11(14)5-9/h4-8H,1-3H3,(H,18,19)/t7-,8?/m1/s1. The Bertz CT molecular complexity index is 670. The fraction of sp³-hybridized carbons (Fsp3) is 0.462. The summed E-state index contributed by atoms with van der Waals surface area (Å²) in [7, 11) is -3.44. The summed E-state index contributed by atoms with van der Waals surface area (Å²) in [6, 6.07) is 0.595. The molecule has 1 N–H and O–H groups in total. The summed E-state index contributed by atoms with van der Waals surface area (Å²) in [6.07, 6.45) is -3.81. The second kappa shape index (κ2) is 6.23. The Balaban J connectivity index is 3.02. The molecule has 0 spiro atoms. The van der Waals surface area contributed by atoms with Crippen molar-refractivity contribution < 1.29 is 30.8 Å². The van der Waals surface area contributed by atoms with E-state index in [4.69, 9.17) is 0 Å². The van der Waals surface area contributed by atoms with Gasteiger partial charge in [0, 0.05) is 17.9 Å². The van der Waals surface area contributed by atoms with Crippen molar-refractivity contribution in [3.05, 3.63) is 35.1 Å². The van der Waals surface area contributed by atoms with Crippen LogP contribution in [0, 0.1) is 5.82 Å². The number of carbonyl (C=O) groups excluding carboxylic acids is 1. The first-order valence-corrected chi connectivity index (χ1v) is 8.15. The number of hydrogen-bond acceptors (Lipinski definition) is 3. The number of sulfone groups is 1. The molecule has 0 aliphatic heterocycles. The average molecular weight is 341 g/mol. The van der Waals surface area contributed by atoms with Gasteiger partial charge in [0.25, 0.3) is 5.91 Å². The van der Waals surface area contributed by atoms with Gasteiger partial charge in [0.1, 0.15) is 5.82 Å². The van der Waals surface area contributed by atoms with Crippen molar-refractivity contribution in [2.75, 3.05) is 6.26 Å². The van der Waals surface area contributed by atoms with Gasteiger partial charge in [-0.1, -0.05) is 0 Å². The minimum atomic E-state index is -4.79. The molecule has 2 atom stereocenters. The highest BCUT2D eigenvalue weighted by Crippen LogP contribution is 2.30. The molecule has 9 heteroatoms. The van der Waals surface area contributed by atoms with E-state index in [2.05, 4.69) is 5.32 Å². The van der Waals surface area contributed by atoms with Crippen LogP contribution in [0.1, 0.15) is 29.8 Å². The maximum absolute atomic E-state index is 13.2. The molecule has 1 unspecified atom stereocenters. The van der Waals surface area contributed by atoms with Crippen molar-refractivity contribution in [1.29, 1.82) is 0 Å². The third-order valence-electron chi connectivity index (χ3n) is 3.23. The number of hydrogen-bond donors (Lipinski definition) is 1. The van der Waals surface area contributed by atoms with Gasteiger partial charge < -0.3 is 5.32 Å². The van der Waals surface area contributed by atoms with Crippen LogP contribution < -0.4 is 5.32 Å². The number of rotatable bonds is 4. The molecule has 0 aliphatic carbocycles. The Kier molecular flexibility index (Phi) is 5.21. The van der Waals surface area contributed by atoms with Crippen LogP contribution in [0.5, 0.6) is 0 Å². The van der Waals surface area contributed by atoms with Gasteiger partial charge in [-0.2, -0.15) is 13.2 Å². The first-order chi connectivity index (χ1) is 9.82. The first kappa shape index (κ1) is 18.4. The molecule has 0 aliphatic rings. The largest absolute Gasteiger partial charge is 0.416 e. The van der Waals surface area contributed by atoms with Crippen LogP contribution >= 0.6 is 0 Å². The van der Waals surface area contributed by atoms with Gasteiger partial charge in [-0.3, -0.25) is 4.79 Å². The molecule has 22 heavy (non-hydrogen) atoms. The van der Waals surface area contributed by atoms with Gasteiger partial charge in [0.05, 0.1) is 10.8 Å². The van der Waals surface area contributed by atoms with E-state index in [1.54, 1.807) is 0 Å². The van der Waals surface area contributed by atoms with E-state index in [-0.39, 0.29) is 6.07 Å². The number of carbonyl (C=O) groups is 1. The van der Waals surface area contributed by atoms with Gasteiger partial charge in [-0.25, -0.2) is 12.8 Å². The van der Waals surface area contributed by atoms with Crippen molar-refractivity contribution in [3.63, 3.8) is 0 Å². The predicted molar refractivity (Wildman–Crippen MR) is 72.6 cm³/mol. The lowest BCUT2D eigenvalue weighted by molar-refractivity contribution is -0.137. The quantitative estimate of drug-likeness (QED) is 0.856. The number of alkyl halides is 3. The van der Waals surface area contributed by atoms with E-state index < -0.39 is 50.2 Å². The summed E-state index contributed by atoms with van der Waals surface area (Å²) in [6.45, 7) is 2.75. The third kappa shape index (κ3) is 4.69. The van der Waals surface area contributed by atoms with Gasteiger partial charge in [-0.15, -0.1) is 0 Å². The zero-order valence-electron chi connectivity index (χ0n) is 12.0. The van der Waals surface area contributed by atoms with E-state index in [1.165, 1.54) is 13.8 Å². The zero-order valence-corrected chi connectivity index (χ0v) is 12.8. The molecule has 0 saturated heterocycles. The van der Waals surface area contributed by atoms with Gasteiger partial charge in [-0.05, 0) is 32.0 Å². The SMILES string of the molecule is CC([C@@H](C)NC(=O)c1cc(F)cc(C(F)(F)F)c1)S(C)(=O)=O. The molecule has 0 fully saturated rings. The number of nitrogens with one attached hydrogen (secondary N) is 1. The Morgan fingerprint density at radius 3 is 2.18 bits per heavy atom. The van der Waals surface area contributed by atoms with Crippen LogP contribution in [-0.2, 0) is 16.0 Å². The lowest BCUT2D eigenvalue weighted by Crippen LogP contribution is -2.43. The molecule has 1 aromatic rings. The van der Waals surface area contributed by atoms with Gasteiger partial charge >= 0.3 is 6.18 Å². The lowest BCUT2D eigenvalue weighted by atomic mass is 10.1. The maximum atomic E-state index is 13.2. The molecule has 1 rings (SSSR count). The number of benzene rings is 1. The molecule has 1 aromatic carbocycles. The van der Waals surface area contributed by atoms with E-state index >= 15 is 0 Å². The average Bonchev–Trinajstić information content (AvgIpc) is 2.34. The second-order valence-electron chi connectivity index (χ2n) is 5.02. The molecule has 0 heterocycles. The summed E-state index contributed by atoms with van der Waals surface area (Å²) < 4.78 is 73.7. The summed E-state index contributed by atoms with van der Waals surface area (Å²) in [4.78, 5) is 11.9. The van der Waals surface area contributed by atoms with E-state index in [1.807, 2.05) is 0 Å². The molecule has 124 valence electrons. The maximum Gasteiger partial charge on any atom is 0.416 e. The fourth-order valence-corrected chi connectivity index (χ4v) is 2.47. The topological polar surface area (TPSA) is 63.2 Å². The van der Waals surface area contributed by atoms with Crippen molar-refractivity contribution in [2.24, 2.45) is 0 Å². The number of amides is 1. The highest BCUT2D eigenvalue weighted by molar-refractivity contribution is 7.91. The van der Waals surface area contributed by atoms with Crippen LogP contribution in [0.15, 0.2) is 18.2 Å². The Labute approximate surface area is 125 Å². The minimum absolute atomic E-state index is 0.277. The normalized spacial score (nSPS) is 15.2.